The standard InChI is InChI=1S/C15H20N4O/c1-15(2,14(20)19-7-5-16-6-8-19)11-3-4-12-13(9-11)18-10-17-12/h3-4,9-10,16H,5-8H2,1-2H3,(H,17,18). The molecule has 0 bridgehead atoms. The minimum Gasteiger partial charge on any atom is -0.345 e. The Morgan fingerprint density at radius 2 is 2.05 bits per heavy atom. The molecule has 1 fully saturated rings. The molecule has 20 heavy (non-hydrogen) atoms. The van der Waals surface area contributed by atoms with Crippen molar-refractivity contribution in [1.82, 2.24) is 20.2 Å². The SMILES string of the molecule is CC(C)(C(=O)N1CCNCC1)c1ccc2nc[nH]c2c1. The Balaban J connectivity index is 1.90. The van der Waals surface area contributed by atoms with E-state index >= 15 is 0 Å². The quantitative estimate of drug-likeness (QED) is 0.865. The molecule has 1 aliphatic rings. The third-order valence-corrected chi connectivity index (χ3v) is 4.08. The number of carbonyl (C=O) groups excluding carboxylic acids is 1. The topological polar surface area (TPSA) is 61.0 Å². The molecule has 5 nitrogen and oxygen atoms in total. The highest BCUT2D eigenvalue weighted by molar-refractivity contribution is 5.89. The van der Waals surface area contributed by atoms with Gasteiger partial charge in [-0.3, -0.25) is 4.79 Å². The number of H-pyrrole nitrogens is 1. The van der Waals surface area contributed by atoms with Gasteiger partial charge in [-0.25, -0.2) is 4.98 Å². The second-order valence-electron chi connectivity index (χ2n) is 5.80. The van der Waals surface area contributed by atoms with Gasteiger partial charge >= 0.3 is 0 Å². The summed E-state index contributed by atoms with van der Waals surface area (Å²) in [6, 6.07) is 6.00. The van der Waals surface area contributed by atoms with Crippen LogP contribution in [0.25, 0.3) is 11.0 Å². The van der Waals surface area contributed by atoms with Gasteiger partial charge in [0.15, 0.2) is 0 Å². The summed E-state index contributed by atoms with van der Waals surface area (Å²) in [6.07, 6.45) is 1.68. The van der Waals surface area contributed by atoms with E-state index in [1.165, 1.54) is 0 Å². The molecule has 0 spiro atoms. The molecule has 1 saturated heterocycles. The number of aromatic amines is 1. The molecule has 106 valence electrons. The number of amides is 1. The third kappa shape index (κ3) is 2.18. The van der Waals surface area contributed by atoms with Crippen LogP contribution in [-0.2, 0) is 10.2 Å². The first-order valence-corrected chi connectivity index (χ1v) is 7.03. The average molecular weight is 272 g/mol. The van der Waals surface area contributed by atoms with Crippen molar-refractivity contribution in [3.8, 4) is 0 Å². The molecule has 0 saturated carbocycles. The Morgan fingerprint density at radius 3 is 2.80 bits per heavy atom. The van der Waals surface area contributed by atoms with Gasteiger partial charge < -0.3 is 15.2 Å². The van der Waals surface area contributed by atoms with Gasteiger partial charge in [0.1, 0.15) is 0 Å². The molecule has 2 heterocycles. The summed E-state index contributed by atoms with van der Waals surface area (Å²) in [5.41, 5.74) is 2.41. The second-order valence-corrected chi connectivity index (χ2v) is 5.80. The fourth-order valence-electron chi connectivity index (χ4n) is 2.71. The first kappa shape index (κ1) is 13.1. The highest BCUT2D eigenvalue weighted by atomic mass is 16.2. The Labute approximate surface area is 118 Å². The molecule has 2 N–H and O–H groups in total. The zero-order valence-electron chi connectivity index (χ0n) is 11.9. The summed E-state index contributed by atoms with van der Waals surface area (Å²) in [7, 11) is 0. The normalized spacial score (nSPS) is 16.6. The van der Waals surface area contributed by atoms with Crippen molar-refractivity contribution in [2.75, 3.05) is 26.2 Å². The van der Waals surface area contributed by atoms with Gasteiger partial charge in [0.2, 0.25) is 5.91 Å². The van der Waals surface area contributed by atoms with E-state index in [2.05, 4.69) is 15.3 Å². The van der Waals surface area contributed by atoms with Crippen LogP contribution >= 0.6 is 0 Å². The molecule has 1 amide bonds. The Kier molecular flexibility index (Phi) is 3.22. The zero-order chi connectivity index (χ0) is 14.2. The number of rotatable bonds is 2. The minimum absolute atomic E-state index is 0.192. The van der Waals surface area contributed by atoms with Crippen molar-refractivity contribution in [2.45, 2.75) is 19.3 Å². The molecule has 0 aliphatic carbocycles. The predicted molar refractivity (Wildman–Crippen MR) is 78.6 cm³/mol. The monoisotopic (exact) mass is 272 g/mol. The third-order valence-electron chi connectivity index (χ3n) is 4.08. The van der Waals surface area contributed by atoms with Crippen LogP contribution in [0.3, 0.4) is 0 Å². The van der Waals surface area contributed by atoms with E-state index in [9.17, 15) is 4.79 Å². The van der Waals surface area contributed by atoms with Crippen LogP contribution in [0.15, 0.2) is 24.5 Å². The van der Waals surface area contributed by atoms with Crippen LogP contribution in [0.2, 0.25) is 0 Å². The molecule has 1 aliphatic heterocycles. The van der Waals surface area contributed by atoms with Crippen LogP contribution in [0.1, 0.15) is 19.4 Å². The molecule has 1 aromatic carbocycles. The Hall–Kier alpha value is -1.88. The highest BCUT2D eigenvalue weighted by Crippen LogP contribution is 2.28. The van der Waals surface area contributed by atoms with Crippen molar-refractivity contribution in [1.29, 1.82) is 0 Å². The van der Waals surface area contributed by atoms with Crippen LogP contribution in [0.4, 0.5) is 0 Å². The van der Waals surface area contributed by atoms with Gasteiger partial charge in [-0.2, -0.15) is 0 Å². The van der Waals surface area contributed by atoms with Gasteiger partial charge in [-0.15, -0.1) is 0 Å². The number of imidazole rings is 1. The summed E-state index contributed by atoms with van der Waals surface area (Å²) >= 11 is 0. The van der Waals surface area contributed by atoms with E-state index < -0.39 is 5.41 Å². The number of nitrogens with zero attached hydrogens (tertiary/aromatic N) is 2. The van der Waals surface area contributed by atoms with E-state index in [0.29, 0.717) is 0 Å². The molecule has 3 rings (SSSR count). The van der Waals surface area contributed by atoms with Gasteiger partial charge in [0, 0.05) is 26.2 Å². The molecular weight excluding hydrogens is 252 g/mol. The lowest BCUT2D eigenvalue weighted by molar-refractivity contribution is -0.136. The molecule has 0 atom stereocenters. The molecule has 0 unspecified atom stereocenters. The van der Waals surface area contributed by atoms with Crippen molar-refractivity contribution in [3.63, 3.8) is 0 Å². The van der Waals surface area contributed by atoms with Crippen LogP contribution in [0, 0.1) is 0 Å². The average Bonchev–Trinajstić information content (AvgIpc) is 2.94. The summed E-state index contributed by atoms with van der Waals surface area (Å²) in [4.78, 5) is 22.0. The maximum absolute atomic E-state index is 12.8. The molecule has 2 aromatic rings. The van der Waals surface area contributed by atoms with Crippen molar-refractivity contribution in [3.05, 3.63) is 30.1 Å². The van der Waals surface area contributed by atoms with E-state index in [0.717, 1.165) is 42.8 Å². The fourth-order valence-corrected chi connectivity index (χ4v) is 2.71. The smallest absolute Gasteiger partial charge is 0.232 e. The van der Waals surface area contributed by atoms with Crippen molar-refractivity contribution < 1.29 is 4.79 Å². The van der Waals surface area contributed by atoms with E-state index in [1.54, 1.807) is 6.33 Å². The lowest BCUT2D eigenvalue weighted by Gasteiger charge is -2.35. The van der Waals surface area contributed by atoms with E-state index in [4.69, 9.17) is 0 Å². The maximum atomic E-state index is 12.8. The Bertz CT molecular complexity index is 626. The first-order chi connectivity index (χ1) is 9.59. The highest BCUT2D eigenvalue weighted by Gasteiger charge is 2.34. The molecular formula is C15H20N4O. The van der Waals surface area contributed by atoms with Gasteiger partial charge in [-0.1, -0.05) is 6.07 Å². The predicted octanol–water partition coefficient (Wildman–Crippen LogP) is 1.27. The minimum atomic E-state index is -0.517. The maximum Gasteiger partial charge on any atom is 0.232 e. The van der Waals surface area contributed by atoms with Gasteiger partial charge in [-0.05, 0) is 31.5 Å². The second kappa shape index (κ2) is 4.90. The summed E-state index contributed by atoms with van der Waals surface area (Å²) < 4.78 is 0. The fraction of sp³-hybridized carbons (Fsp3) is 0.467. The van der Waals surface area contributed by atoms with Crippen LogP contribution in [0.5, 0.6) is 0 Å². The largest absolute Gasteiger partial charge is 0.345 e. The van der Waals surface area contributed by atoms with Crippen LogP contribution < -0.4 is 5.32 Å². The van der Waals surface area contributed by atoms with Crippen molar-refractivity contribution in [2.24, 2.45) is 0 Å². The van der Waals surface area contributed by atoms with E-state index in [-0.39, 0.29) is 5.91 Å². The number of hydrogen-bond acceptors (Lipinski definition) is 3. The summed E-state index contributed by atoms with van der Waals surface area (Å²) in [5, 5.41) is 3.27. The molecule has 0 radical (unpaired) electrons. The number of piperazine rings is 1. The zero-order valence-corrected chi connectivity index (χ0v) is 11.9. The number of fused-ring (bicyclic) bond motifs is 1. The lowest BCUT2D eigenvalue weighted by Crippen LogP contribution is -2.51. The Morgan fingerprint density at radius 1 is 1.30 bits per heavy atom. The molecule has 5 heteroatoms. The summed E-state index contributed by atoms with van der Waals surface area (Å²) in [6.45, 7) is 7.32. The number of hydrogen-bond donors (Lipinski definition) is 2. The number of aromatic nitrogens is 2. The lowest BCUT2D eigenvalue weighted by atomic mass is 9.83. The van der Waals surface area contributed by atoms with E-state index in [1.807, 2.05) is 36.9 Å². The van der Waals surface area contributed by atoms with Gasteiger partial charge in [0.05, 0.1) is 22.8 Å². The molecule has 1 aromatic heterocycles. The number of benzene rings is 1. The van der Waals surface area contributed by atoms with Gasteiger partial charge in [0.25, 0.3) is 0 Å². The van der Waals surface area contributed by atoms with Crippen molar-refractivity contribution >= 4 is 16.9 Å². The number of carbonyl (C=O) groups is 1. The van der Waals surface area contributed by atoms with Crippen LogP contribution in [-0.4, -0.2) is 47.0 Å². The number of nitrogens with one attached hydrogen (secondary N) is 2. The first-order valence-electron chi connectivity index (χ1n) is 7.03. The summed E-state index contributed by atoms with van der Waals surface area (Å²) in [5.74, 6) is 0.192.